The van der Waals surface area contributed by atoms with E-state index >= 15 is 0 Å². The van der Waals surface area contributed by atoms with E-state index in [4.69, 9.17) is 11.6 Å². The smallest absolute Gasteiger partial charge is 0.191 e. The predicted molar refractivity (Wildman–Crippen MR) is 96.8 cm³/mol. The fraction of sp³-hybridized carbons (Fsp3) is 0.167. The van der Waals surface area contributed by atoms with E-state index < -0.39 is 0 Å². The van der Waals surface area contributed by atoms with Crippen molar-refractivity contribution >= 4 is 28.5 Å². The van der Waals surface area contributed by atoms with Gasteiger partial charge in [-0.2, -0.15) is 0 Å². The Morgan fingerprint density at radius 1 is 1.04 bits per heavy atom. The normalized spacial score (nSPS) is 11.7. The van der Waals surface area contributed by atoms with E-state index in [1.165, 1.54) is 5.39 Å². The third-order valence-electron chi connectivity index (χ3n) is 3.63. The summed E-state index contributed by atoms with van der Waals surface area (Å²) in [5, 5.41) is 8.56. The largest absolute Gasteiger partial charge is 0.357 e. The molecule has 118 valence electrons. The van der Waals surface area contributed by atoms with Gasteiger partial charge in [0.2, 0.25) is 0 Å². The molecule has 0 bridgehead atoms. The Kier molecular flexibility index (Phi) is 4.83. The van der Waals surface area contributed by atoms with Gasteiger partial charge in [0.05, 0.1) is 6.54 Å². The zero-order valence-corrected chi connectivity index (χ0v) is 13.7. The van der Waals surface area contributed by atoms with E-state index in [-0.39, 0.29) is 0 Å². The topological polar surface area (TPSA) is 52.2 Å². The number of nitrogens with one attached hydrogen (secondary N) is 3. The number of rotatable bonds is 4. The minimum atomic E-state index is 0.689. The second-order valence-corrected chi connectivity index (χ2v) is 5.72. The van der Waals surface area contributed by atoms with E-state index in [0.717, 1.165) is 27.8 Å². The van der Waals surface area contributed by atoms with Crippen molar-refractivity contribution in [2.45, 2.75) is 13.1 Å². The Morgan fingerprint density at radius 2 is 1.78 bits per heavy atom. The number of hydrogen-bond donors (Lipinski definition) is 3. The molecule has 0 aliphatic carbocycles. The highest BCUT2D eigenvalue weighted by Crippen LogP contribution is 2.14. The Balaban J connectivity index is 1.56. The van der Waals surface area contributed by atoms with Crippen LogP contribution >= 0.6 is 11.6 Å². The third-order valence-corrected chi connectivity index (χ3v) is 3.88. The van der Waals surface area contributed by atoms with Crippen molar-refractivity contribution in [3.8, 4) is 0 Å². The van der Waals surface area contributed by atoms with E-state index in [0.29, 0.717) is 13.1 Å². The van der Waals surface area contributed by atoms with Crippen LogP contribution in [0.3, 0.4) is 0 Å². The monoisotopic (exact) mass is 326 g/mol. The summed E-state index contributed by atoms with van der Waals surface area (Å²) in [5.74, 6) is 0.763. The molecule has 0 aliphatic heterocycles. The number of H-pyrrole nitrogens is 1. The molecule has 0 atom stereocenters. The van der Waals surface area contributed by atoms with Gasteiger partial charge in [-0.15, -0.1) is 0 Å². The van der Waals surface area contributed by atoms with Gasteiger partial charge in [0.25, 0.3) is 0 Å². The summed E-state index contributed by atoms with van der Waals surface area (Å²) < 4.78 is 0. The number of benzene rings is 2. The summed E-state index contributed by atoms with van der Waals surface area (Å²) in [5.41, 5.74) is 3.43. The van der Waals surface area contributed by atoms with Crippen LogP contribution in [0.1, 0.15) is 11.3 Å². The first kappa shape index (κ1) is 15.4. The summed E-state index contributed by atoms with van der Waals surface area (Å²) in [6, 6.07) is 18.2. The van der Waals surface area contributed by atoms with Crippen LogP contribution < -0.4 is 10.6 Å². The van der Waals surface area contributed by atoms with Crippen molar-refractivity contribution in [2.24, 2.45) is 4.99 Å². The summed E-state index contributed by atoms with van der Waals surface area (Å²) in [4.78, 5) is 7.64. The molecule has 4 nitrogen and oxygen atoms in total. The second kappa shape index (κ2) is 7.20. The van der Waals surface area contributed by atoms with Crippen molar-refractivity contribution in [1.82, 2.24) is 15.6 Å². The van der Waals surface area contributed by atoms with E-state index in [2.05, 4.69) is 38.8 Å². The molecule has 0 saturated carbocycles. The molecule has 0 fully saturated rings. The van der Waals surface area contributed by atoms with Gasteiger partial charge < -0.3 is 15.6 Å². The minimum absolute atomic E-state index is 0.689. The fourth-order valence-electron chi connectivity index (χ4n) is 2.42. The lowest BCUT2D eigenvalue weighted by atomic mass is 10.2. The lowest BCUT2D eigenvalue weighted by molar-refractivity contribution is 0.799. The molecule has 0 unspecified atom stereocenters. The molecule has 3 N–H and O–H groups in total. The molecule has 1 heterocycles. The highest BCUT2D eigenvalue weighted by molar-refractivity contribution is 6.30. The van der Waals surface area contributed by atoms with Crippen LogP contribution in [0.25, 0.3) is 10.9 Å². The van der Waals surface area contributed by atoms with Gasteiger partial charge in [0.1, 0.15) is 0 Å². The number of hydrogen-bond acceptors (Lipinski definition) is 1. The Labute approximate surface area is 140 Å². The zero-order valence-electron chi connectivity index (χ0n) is 12.9. The zero-order chi connectivity index (χ0) is 16.1. The highest BCUT2D eigenvalue weighted by atomic mass is 35.5. The summed E-state index contributed by atoms with van der Waals surface area (Å²) in [7, 11) is 1.77. The van der Waals surface area contributed by atoms with Gasteiger partial charge >= 0.3 is 0 Å². The SMILES string of the molecule is CN=C(NCc1ccc(Cl)cc1)NCc1cc2ccccc2[nH]1. The maximum Gasteiger partial charge on any atom is 0.191 e. The Hall–Kier alpha value is -2.46. The van der Waals surface area contributed by atoms with Crippen molar-refractivity contribution in [2.75, 3.05) is 7.05 Å². The molecular formula is C18H19ClN4. The lowest BCUT2D eigenvalue weighted by Crippen LogP contribution is -2.36. The fourth-order valence-corrected chi connectivity index (χ4v) is 2.54. The quantitative estimate of drug-likeness (QED) is 0.506. The maximum atomic E-state index is 5.89. The lowest BCUT2D eigenvalue weighted by Gasteiger charge is -2.11. The Bertz CT molecular complexity index is 772. The van der Waals surface area contributed by atoms with Crippen LogP contribution in [-0.4, -0.2) is 18.0 Å². The van der Waals surface area contributed by atoms with Crippen molar-refractivity contribution < 1.29 is 0 Å². The number of nitrogens with zero attached hydrogens (tertiary/aromatic N) is 1. The summed E-state index contributed by atoms with van der Waals surface area (Å²) in [6.45, 7) is 1.39. The molecule has 23 heavy (non-hydrogen) atoms. The average Bonchev–Trinajstić information content (AvgIpc) is 2.99. The second-order valence-electron chi connectivity index (χ2n) is 5.29. The van der Waals surface area contributed by atoms with Gasteiger partial charge in [0, 0.05) is 29.8 Å². The maximum absolute atomic E-state index is 5.89. The van der Waals surface area contributed by atoms with Crippen molar-refractivity contribution in [1.29, 1.82) is 0 Å². The molecule has 5 heteroatoms. The number of halogens is 1. The van der Waals surface area contributed by atoms with Gasteiger partial charge in [-0.25, -0.2) is 0 Å². The van der Waals surface area contributed by atoms with E-state index in [1.54, 1.807) is 7.05 Å². The van der Waals surface area contributed by atoms with Crippen LogP contribution in [0, 0.1) is 0 Å². The summed E-state index contributed by atoms with van der Waals surface area (Å²) >= 11 is 5.89. The van der Waals surface area contributed by atoms with Crippen LogP contribution in [-0.2, 0) is 13.1 Å². The van der Waals surface area contributed by atoms with Gasteiger partial charge in [0.15, 0.2) is 5.96 Å². The average molecular weight is 327 g/mol. The number of aromatic amines is 1. The number of aromatic nitrogens is 1. The first-order valence-corrected chi connectivity index (χ1v) is 7.88. The van der Waals surface area contributed by atoms with Crippen LogP contribution in [0.2, 0.25) is 5.02 Å². The minimum Gasteiger partial charge on any atom is -0.357 e. The Morgan fingerprint density at radius 3 is 2.52 bits per heavy atom. The van der Waals surface area contributed by atoms with E-state index in [1.807, 2.05) is 36.4 Å². The predicted octanol–water partition coefficient (Wildman–Crippen LogP) is 3.69. The molecule has 3 rings (SSSR count). The first-order valence-electron chi connectivity index (χ1n) is 7.50. The molecule has 2 aromatic carbocycles. The number of fused-ring (bicyclic) bond motifs is 1. The molecule has 0 saturated heterocycles. The first-order chi connectivity index (χ1) is 11.2. The van der Waals surface area contributed by atoms with Crippen LogP contribution in [0.15, 0.2) is 59.6 Å². The van der Waals surface area contributed by atoms with Gasteiger partial charge in [-0.05, 0) is 35.2 Å². The number of para-hydroxylation sites is 1. The molecule has 0 aliphatic rings. The highest BCUT2D eigenvalue weighted by Gasteiger charge is 2.02. The molecule has 3 aromatic rings. The molecule has 1 aromatic heterocycles. The van der Waals surface area contributed by atoms with Crippen LogP contribution in [0.5, 0.6) is 0 Å². The van der Waals surface area contributed by atoms with Crippen molar-refractivity contribution in [3.63, 3.8) is 0 Å². The van der Waals surface area contributed by atoms with Gasteiger partial charge in [-0.1, -0.05) is 41.9 Å². The van der Waals surface area contributed by atoms with Crippen LogP contribution in [0.4, 0.5) is 0 Å². The number of aliphatic imine (C=N–C) groups is 1. The number of guanidine groups is 1. The van der Waals surface area contributed by atoms with Gasteiger partial charge in [-0.3, -0.25) is 4.99 Å². The molecular weight excluding hydrogens is 308 g/mol. The van der Waals surface area contributed by atoms with Crippen molar-refractivity contribution in [3.05, 3.63) is 70.9 Å². The standard InChI is InChI=1S/C18H19ClN4/c1-20-18(21-11-13-6-8-15(19)9-7-13)22-12-16-10-14-4-2-3-5-17(14)23-16/h2-10,23H,11-12H2,1H3,(H2,20,21,22). The summed E-state index contributed by atoms with van der Waals surface area (Å²) in [6.07, 6.45) is 0. The third kappa shape index (κ3) is 4.05. The molecule has 0 spiro atoms. The molecule has 0 amide bonds. The molecule has 0 radical (unpaired) electrons. The van der Waals surface area contributed by atoms with E-state index in [9.17, 15) is 0 Å².